The van der Waals surface area contributed by atoms with Gasteiger partial charge in [-0.15, -0.1) is 0 Å². The summed E-state index contributed by atoms with van der Waals surface area (Å²) >= 11 is 0. The van der Waals surface area contributed by atoms with Crippen LogP contribution < -0.4 is 10.1 Å². The molecule has 2 N–H and O–H groups in total. The summed E-state index contributed by atoms with van der Waals surface area (Å²) in [5, 5.41) is 14.2. The van der Waals surface area contributed by atoms with Gasteiger partial charge in [0.25, 0.3) is 0 Å². The molecule has 0 unspecified atom stereocenters. The summed E-state index contributed by atoms with van der Waals surface area (Å²) in [5.74, 6) is 0.150. The molecule has 0 saturated heterocycles. The normalized spacial score (nSPS) is 22.6. The van der Waals surface area contributed by atoms with Crippen molar-refractivity contribution in [2.75, 3.05) is 0 Å². The highest BCUT2D eigenvalue weighted by molar-refractivity contribution is 5.24. The summed E-state index contributed by atoms with van der Waals surface area (Å²) in [5.41, 5.74) is 2.59. The van der Waals surface area contributed by atoms with E-state index in [0.29, 0.717) is 5.75 Å². The molecule has 0 heterocycles. The number of aliphatic hydroxyl groups excluding tert-OH is 1. The van der Waals surface area contributed by atoms with Crippen LogP contribution in [0.3, 0.4) is 0 Å². The number of ether oxygens (including phenoxy) is 1. The Kier molecular flexibility index (Phi) is 7.25. The van der Waals surface area contributed by atoms with Crippen molar-refractivity contribution in [3.63, 3.8) is 0 Å². The molecule has 1 aliphatic rings. The number of benzene rings is 2. The zero-order chi connectivity index (χ0) is 19.1. The van der Waals surface area contributed by atoms with Crippen LogP contribution in [0.4, 0.5) is 4.39 Å². The first kappa shape index (κ1) is 19.8. The van der Waals surface area contributed by atoms with Gasteiger partial charge in [0.1, 0.15) is 23.8 Å². The Labute approximate surface area is 161 Å². The average Bonchev–Trinajstić information content (AvgIpc) is 2.68. The van der Waals surface area contributed by atoms with Gasteiger partial charge in [0.2, 0.25) is 0 Å². The van der Waals surface area contributed by atoms with E-state index in [9.17, 15) is 9.50 Å². The van der Waals surface area contributed by atoms with Crippen molar-refractivity contribution in [3.05, 3.63) is 65.5 Å². The van der Waals surface area contributed by atoms with Gasteiger partial charge in [0.15, 0.2) is 0 Å². The van der Waals surface area contributed by atoms with Crippen molar-refractivity contribution in [1.82, 2.24) is 5.32 Å². The Morgan fingerprint density at radius 3 is 2.63 bits per heavy atom. The van der Waals surface area contributed by atoms with Crippen molar-refractivity contribution >= 4 is 0 Å². The van der Waals surface area contributed by atoms with Crippen LogP contribution in [-0.2, 0) is 13.0 Å². The predicted octanol–water partition coefficient (Wildman–Crippen LogP) is 4.62. The molecule has 1 fully saturated rings. The molecular weight excluding hydrogens is 341 g/mol. The Bertz CT molecular complexity index is 704. The molecule has 0 spiro atoms. The van der Waals surface area contributed by atoms with Crippen LogP contribution in [0.5, 0.6) is 5.75 Å². The fourth-order valence-electron chi connectivity index (χ4n) is 3.66. The fourth-order valence-corrected chi connectivity index (χ4v) is 3.66. The Hall–Kier alpha value is -1.91. The summed E-state index contributed by atoms with van der Waals surface area (Å²) in [6.07, 6.45) is 5.32. The predicted molar refractivity (Wildman–Crippen MR) is 106 cm³/mol. The van der Waals surface area contributed by atoms with Crippen molar-refractivity contribution in [3.8, 4) is 5.75 Å². The van der Waals surface area contributed by atoms with Gasteiger partial charge < -0.3 is 15.2 Å². The van der Waals surface area contributed by atoms with E-state index in [1.165, 1.54) is 36.1 Å². The van der Waals surface area contributed by atoms with E-state index in [2.05, 4.69) is 36.5 Å². The number of hydrogen-bond donors (Lipinski definition) is 2. The van der Waals surface area contributed by atoms with Crippen LogP contribution in [0.2, 0.25) is 0 Å². The molecule has 0 amide bonds. The smallest absolute Gasteiger partial charge is 0.126 e. The number of rotatable bonds is 8. The molecule has 0 aliphatic heterocycles. The van der Waals surface area contributed by atoms with Crippen LogP contribution in [0.1, 0.15) is 50.2 Å². The standard InChI is InChI=1S/C23H30FNO2/c1-2-3-6-17-11-13-18(14-12-17)16-25-21-9-5-10-22(23(21)26)27-20-8-4-7-19(24)15-20/h4,7-8,11-15,21-23,25-26H,2-3,5-6,9-10,16H2,1H3/t21-,22+,23+/m0/s1. The number of nitrogens with one attached hydrogen (secondary N) is 1. The minimum Gasteiger partial charge on any atom is -0.488 e. The molecule has 1 saturated carbocycles. The van der Waals surface area contributed by atoms with Gasteiger partial charge in [-0.05, 0) is 55.4 Å². The first-order valence-electron chi connectivity index (χ1n) is 10.1. The van der Waals surface area contributed by atoms with Crippen molar-refractivity contribution < 1.29 is 14.2 Å². The van der Waals surface area contributed by atoms with Gasteiger partial charge in [-0.3, -0.25) is 0 Å². The second kappa shape index (κ2) is 9.86. The van der Waals surface area contributed by atoms with E-state index < -0.39 is 6.10 Å². The number of unbranched alkanes of at least 4 members (excludes halogenated alkanes) is 1. The first-order valence-corrected chi connectivity index (χ1v) is 10.1. The van der Waals surface area contributed by atoms with E-state index in [4.69, 9.17) is 4.74 Å². The van der Waals surface area contributed by atoms with Crippen molar-refractivity contribution in [2.24, 2.45) is 0 Å². The largest absolute Gasteiger partial charge is 0.488 e. The summed E-state index contributed by atoms with van der Waals surface area (Å²) in [4.78, 5) is 0. The minimum atomic E-state index is -0.606. The number of hydrogen-bond acceptors (Lipinski definition) is 3. The molecule has 0 bridgehead atoms. The molecule has 2 aromatic carbocycles. The topological polar surface area (TPSA) is 41.5 Å². The lowest BCUT2D eigenvalue weighted by Gasteiger charge is -2.35. The molecule has 27 heavy (non-hydrogen) atoms. The van der Waals surface area contributed by atoms with Crippen LogP contribution in [0.25, 0.3) is 0 Å². The number of aryl methyl sites for hydroxylation is 1. The summed E-state index contributed by atoms with van der Waals surface area (Å²) in [6.45, 7) is 2.93. The molecule has 4 heteroatoms. The average molecular weight is 371 g/mol. The molecule has 3 atom stereocenters. The monoisotopic (exact) mass is 371 g/mol. The number of aliphatic hydroxyl groups is 1. The maximum atomic E-state index is 13.3. The minimum absolute atomic E-state index is 0.0166. The summed E-state index contributed by atoms with van der Waals surface area (Å²) < 4.78 is 19.2. The van der Waals surface area contributed by atoms with Crippen LogP contribution in [0, 0.1) is 5.82 Å². The first-order chi connectivity index (χ1) is 13.2. The van der Waals surface area contributed by atoms with Gasteiger partial charge in [0.05, 0.1) is 0 Å². The van der Waals surface area contributed by atoms with Crippen molar-refractivity contribution in [2.45, 2.75) is 70.2 Å². The molecule has 0 aromatic heterocycles. The Balaban J connectivity index is 1.52. The van der Waals surface area contributed by atoms with Gasteiger partial charge in [-0.25, -0.2) is 4.39 Å². The Morgan fingerprint density at radius 1 is 1.11 bits per heavy atom. The number of halogens is 1. The second-order valence-corrected chi connectivity index (χ2v) is 7.44. The highest BCUT2D eigenvalue weighted by Crippen LogP contribution is 2.25. The Morgan fingerprint density at radius 2 is 1.89 bits per heavy atom. The van der Waals surface area contributed by atoms with E-state index in [1.807, 2.05) is 0 Å². The molecule has 3 nitrogen and oxygen atoms in total. The van der Waals surface area contributed by atoms with Crippen molar-refractivity contribution in [1.29, 1.82) is 0 Å². The van der Waals surface area contributed by atoms with Gasteiger partial charge in [0, 0.05) is 18.7 Å². The van der Waals surface area contributed by atoms with Gasteiger partial charge in [-0.1, -0.05) is 43.7 Å². The SMILES string of the molecule is CCCCc1ccc(CN[C@H]2CCC[C@@H](Oc3cccc(F)c3)[C@@H]2O)cc1. The van der Waals surface area contributed by atoms with Crippen LogP contribution >= 0.6 is 0 Å². The lowest BCUT2D eigenvalue weighted by molar-refractivity contribution is -0.0158. The zero-order valence-corrected chi connectivity index (χ0v) is 16.0. The maximum absolute atomic E-state index is 13.3. The quantitative estimate of drug-likeness (QED) is 0.711. The molecule has 146 valence electrons. The van der Waals surface area contributed by atoms with Crippen LogP contribution in [-0.4, -0.2) is 23.4 Å². The van der Waals surface area contributed by atoms with E-state index >= 15 is 0 Å². The van der Waals surface area contributed by atoms with Gasteiger partial charge in [-0.2, -0.15) is 0 Å². The lowest BCUT2D eigenvalue weighted by Crippen LogP contribution is -2.50. The molecule has 2 aromatic rings. The fraction of sp³-hybridized carbons (Fsp3) is 0.478. The molecular formula is C23H30FNO2. The third-order valence-corrected chi connectivity index (χ3v) is 5.29. The highest BCUT2D eigenvalue weighted by atomic mass is 19.1. The highest BCUT2D eigenvalue weighted by Gasteiger charge is 2.33. The maximum Gasteiger partial charge on any atom is 0.126 e. The molecule has 3 rings (SSSR count). The van der Waals surface area contributed by atoms with Crippen LogP contribution in [0.15, 0.2) is 48.5 Å². The lowest BCUT2D eigenvalue weighted by atomic mass is 9.89. The molecule has 1 aliphatic carbocycles. The zero-order valence-electron chi connectivity index (χ0n) is 16.0. The summed E-state index contributed by atoms with van der Waals surface area (Å²) in [6, 6.07) is 14.8. The third-order valence-electron chi connectivity index (χ3n) is 5.29. The third kappa shape index (κ3) is 5.78. The van der Waals surface area contributed by atoms with Gasteiger partial charge >= 0.3 is 0 Å². The summed E-state index contributed by atoms with van der Waals surface area (Å²) in [7, 11) is 0. The van der Waals surface area contributed by atoms with E-state index in [-0.39, 0.29) is 18.0 Å². The molecule has 0 radical (unpaired) electrons. The van der Waals surface area contributed by atoms with E-state index in [1.54, 1.807) is 12.1 Å². The van der Waals surface area contributed by atoms with E-state index in [0.717, 1.165) is 32.2 Å². The second-order valence-electron chi connectivity index (χ2n) is 7.44.